The molecule has 0 aliphatic carbocycles. The summed E-state index contributed by atoms with van der Waals surface area (Å²) >= 11 is 0. The summed E-state index contributed by atoms with van der Waals surface area (Å²) in [5, 5.41) is 0. The molecule has 0 amide bonds. The summed E-state index contributed by atoms with van der Waals surface area (Å²) in [5.74, 6) is 0. The van der Waals surface area contributed by atoms with E-state index in [-0.39, 0.29) is 112 Å². The zero-order valence-electron chi connectivity index (χ0n) is 2.58. The molecule has 0 heterocycles. The van der Waals surface area contributed by atoms with Gasteiger partial charge in [0.05, 0.1) is 0 Å². The van der Waals surface area contributed by atoms with Crippen LogP contribution >= 0.6 is 0 Å². The van der Waals surface area contributed by atoms with E-state index in [0.29, 0.717) is 0 Å². The maximum atomic E-state index is 0. The van der Waals surface area contributed by atoms with Gasteiger partial charge in [0.15, 0.2) is 0 Å². The van der Waals surface area contributed by atoms with Gasteiger partial charge >= 0.3 is 0 Å². The molecule has 0 saturated heterocycles. The Morgan fingerprint density at radius 3 is 1.00 bits per heavy atom. The molecule has 6 heavy (non-hydrogen) atoms. The average Bonchev–Trinajstić information content (AvgIpc) is 0. The summed E-state index contributed by atoms with van der Waals surface area (Å²) in [4.78, 5) is 0. The second-order valence-electron chi connectivity index (χ2n) is 0. The Balaban J connectivity index is 0. The molecule has 0 N–H and O–H groups in total. The fourth-order valence-electron chi connectivity index (χ4n) is 0. The molecule has 0 unspecified atom stereocenters. The molecule has 0 aromatic rings. The quantitative estimate of drug-likeness (QED) is 0.465. The van der Waals surface area contributed by atoms with Crippen LogP contribution < -0.4 is 0 Å². The molecular weight excluding hydrogens is 405 g/mol. The van der Waals surface area contributed by atoms with Gasteiger partial charge < -0.3 is 0 Å². The van der Waals surface area contributed by atoms with E-state index in [2.05, 4.69) is 0 Å². The number of hydrogen-bond donors (Lipinski definition) is 0. The molecule has 0 bridgehead atoms. The van der Waals surface area contributed by atoms with E-state index in [1.165, 1.54) is 0 Å². The van der Waals surface area contributed by atoms with Gasteiger partial charge in [0, 0.05) is 112 Å². The Morgan fingerprint density at radius 1 is 1.00 bits per heavy atom. The summed E-state index contributed by atoms with van der Waals surface area (Å²) < 4.78 is 0. The summed E-state index contributed by atoms with van der Waals surface area (Å²) in [5.41, 5.74) is 0. The van der Waals surface area contributed by atoms with Crippen LogP contribution in [0.15, 0.2) is 0 Å². The van der Waals surface area contributed by atoms with Gasteiger partial charge in [-0.25, -0.2) is 0 Å². The van der Waals surface area contributed by atoms with E-state index in [9.17, 15) is 0 Å². The molecule has 36 valence electrons. The van der Waals surface area contributed by atoms with E-state index in [1.54, 1.807) is 0 Å². The smallest absolute Gasteiger partial charge is 0 e. The molecule has 8 radical (unpaired) electrons. The average molecular weight is 405 g/mol. The summed E-state index contributed by atoms with van der Waals surface area (Å²) in [6.07, 6.45) is 0. The van der Waals surface area contributed by atoms with Crippen LogP contribution in [0.25, 0.3) is 0 Å². The van der Waals surface area contributed by atoms with Crippen molar-refractivity contribution in [2.75, 3.05) is 0 Å². The van der Waals surface area contributed by atoms with Gasteiger partial charge in [0.2, 0.25) is 0 Å². The minimum absolute atomic E-state index is 0. The van der Waals surface area contributed by atoms with Gasteiger partial charge in [0.25, 0.3) is 0 Å². The van der Waals surface area contributed by atoms with Crippen LogP contribution in [-0.2, 0) is 77.1 Å². The SMILES string of the molecule is [Cr].[Fe].[Ni].[Si].[Sn].[Zr]. The van der Waals surface area contributed by atoms with Crippen molar-refractivity contribution >= 4 is 34.9 Å². The first kappa shape index (κ1) is 56.8. The maximum Gasteiger partial charge on any atom is 0 e. The first-order valence-corrected chi connectivity index (χ1v) is 0. The van der Waals surface area contributed by atoms with Crippen molar-refractivity contribution in [2.24, 2.45) is 0 Å². The number of rotatable bonds is 0. The Kier molecular flexibility index (Phi) is 373. The Hall–Kier alpha value is 3.44. The molecule has 0 atom stereocenters. The van der Waals surface area contributed by atoms with Crippen molar-refractivity contribution in [1.29, 1.82) is 0 Å². The van der Waals surface area contributed by atoms with E-state index >= 15 is 0 Å². The second kappa shape index (κ2) is 39.4. The third-order valence-electron chi connectivity index (χ3n) is 0. The third-order valence-corrected chi connectivity index (χ3v) is 0. The molecule has 0 saturated carbocycles. The first-order valence-electron chi connectivity index (χ1n) is 0. The van der Waals surface area contributed by atoms with Crippen molar-refractivity contribution < 1.29 is 77.1 Å². The Bertz CT molecular complexity index is 15.5. The van der Waals surface area contributed by atoms with E-state index in [4.69, 9.17) is 0 Å². The van der Waals surface area contributed by atoms with E-state index < -0.39 is 0 Å². The molecule has 0 aliphatic rings. The molecule has 0 aromatic heterocycles. The molecule has 0 nitrogen and oxygen atoms in total. The first-order chi connectivity index (χ1) is 0. The molecule has 0 spiro atoms. The predicted molar refractivity (Wildman–Crippen MR) is 11.5 cm³/mol. The summed E-state index contributed by atoms with van der Waals surface area (Å²) in [7, 11) is 0. The minimum atomic E-state index is 0. The zero-order valence-corrected chi connectivity index (χ0v) is 12.3. The third kappa shape index (κ3) is 26.1. The monoisotopic (exact) mass is 404 g/mol. The van der Waals surface area contributed by atoms with E-state index in [1.807, 2.05) is 0 Å². The maximum absolute atomic E-state index is 0. The Morgan fingerprint density at radius 2 is 1.00 bits per heavy atom. The molecule has 0 aromatic carbocycles. The van der Waals surface area contributed by atoms with Crippen molar-refractivity contribution in [3.05, 3.63) is 0 Å². The zero-order chi connectivity index (χ0) is 0. The van der Waals surface area contributed by atoms with Crippen LogP contribution in [0, 0.1) is 0 Å². The van der Waals surface area contributed by atoms with Crippen LogP contribution in [0.2, 0.25) is 0 Å². The van der Waals surface area contributed by atoms with Crippen LogP contribution in [0.1, 0.15) is 0 Å². The Labute approximate surface area is 110 Å². The molecule has 0 rings (SSSR count). The largest absolute Gasteiger partial charge is 0 e. The standard InChI is InChI=1S/Cr.Fe.Ni.Si.Sn.Zr. The molecule has 0 aliphatic heterocycles. The van der Waals surface area contributed by atoms with Crippen molar-refractivity contribution in [3.8, 4) is 0 Å². The van der Waals surface area contributed by atoms with Gasteiger partial charge in [-0.2, -0.15) is 0 Å². The van der Waals surface area contributed by atoms with Crippen molar-refractivity contribution in [1.82, 2.24) is 0 Å². The minimum Gasteiger partial charge on any atom is 0 e. The van der Waals surface area contributed by atoms with Gasteiger partial charge in [-0.05, 0) is 0 Å². The van der Waals surface area contributed by atoms with E-state index in [0.717, 1.165) is 0 Å². The summed E-state index contributed by atoms with van der Waals surface area (Å²) in [6.45, 7) is 0. The second-order valence-corrected chi connectivity index (χ2v) is 0. The van der Waals surface area contributed by atoms with Crippen LogP contribution in [-0.4, -0.2) is 34.9 Å². The molecule has 6 heteroatoms. The van der Waals surface area contributed by atoms with Gasteiger partial charge in [-0.1, -0.05) is 0 Å². The van der Waals surface area contributed by atoms with Crippen LogP contribution in [0.3, 0.4) is 0 Å². The van der Waals surface area contributed by atoms with Gasteiger partial charge in [-0.3, -0.25) is 0 Å². The topological polar surface area (TPSA) is 0 Å². The fourth-order valence-corrected chi connectivity index (χ4v) is 0. The van der Waals surface area contributed by atoms with Crippen LogP contribution in [0.5, 0.6) is 0 Å². The summed E-state index contributed by atoms with van der Waals surface area (Å²) in [6, 6.07) is 0. The van der Waals surface area contributed by atoms with Gasteiger partial charge in [-0.15, -0.1) is 0 Å². The normalized spacial score (nSPS) is 0. The fraction of sp³-hybridized carbons (Fsp3) is 0. The van der Waals surface area contributed by atoms with Crippen LogP contribution in [0.4, 0.5) is 0 Å². The van der Waals surface area contributed by atoms with Crippen molar-refractivity contribution in [3.63, 3.8) is 0 Å². The molecular formula is CrFeNiSiSnZr. The predicted octanol–water partition coefficient (Wildman–Crippen LogP) is -0.772. The number of hydrogen-bond acceptors (Lipinski definition) is 0. The molecule has 0 fully saturated rings. The van der Waals surface area contributed by atoms with Gasteiger partial charge in [0.1, 0.15) is 0 Å². The van der Waals surface area contributed by atoms with Crippen molar-refractivity contribution in [2.45, 2.75) is 0 Å².